The Hall–Kier alpha value is -7.74. The summed E-state index contributed by atoms with van der Waals surface area (Å²) in [4.78, 5) is 85.4. The van der Waals surface area contributed by atoms with Gasteiger partial charge in [0.2, 0.25) is 0 Å². The van der Waals surface area contributed by atoms with E-state index in [1.807, 2.05) is 30.3 Å². The van der Waals surface area contributed by atoms with Crippen LogP contribution < -0.4 is 9.80 Å². The fourth-order valence-electron chi connectivity index (χ4n) is 6.18. The molecule has 1 aromatic heterocycles. The molecule has 2 aliphatic heterocycles. The number of nitro groups is 2. The standard InChI is InChI=1S/C38H20N6O8/c45-35-28-16-14-26(43(49)50)18-30(28)37(47)41(35)24-10-6-22(7-11-24)33-20-32(21-4-2-1-3-5-21)39-34(40-33)23-8-12-25(13-9-23)42-36(46)29-17-15-27(44(51)52)19-31(29)38(42)48/h1-20H. The minimum absolute atomic E-state index is 0.0470. The summed E-state index contributed by atoms with van der Waals surface area (Å²) in [6, 6.07) is 31.3. The van der Waals surface area contributed by atoms with Crippen LogP contribution in [0.15, 0.2) is 121 Å². The summed E-state index contributed by atoms with van der Waals surface area (Å²) < 4.78 is 0. The van der Waals surface area contributed by atoms with Gasteiger partial charge < -0.3 is 0 Å². The third kappa shape index (κ3) is 5.14. The summed E-state index contributed by atoms with van der Waals surface area (Å²) in [5.41, 5.74) is 3.10. The Kier molecular flexibility index (Phi) is 7.27. The van der Waals surface area contributed by atoms with Gasteiger partial charge in [0.1, 0.15) is 0 Å². The van der Waals surface area contributed by atoms with E-state index >= 15 is 0 Å². The van der Waals surface area contributed by atoms with E-state index in [4.69, 9.17) is 9.97 Å². The largest absolute Gasteiger partial charge is 0.270 e. The maximum absolute atomic E-state index is 13.2. The molecule has 6 aromatic rings. The molecule has 0 unspecified atom stereocenters. The van der Waals surface area contributed by atoms with Crippen molar-refractivity contribution in [1.82, 2.24) is 9.97 Å². The van der Waals surface area contributed by atoms with E-state index in [-0.39, 0.29) is 45.0 Å². The average Bonchev–Trinajstić information content (AvgIpc) is 3.57. The molecule has 0 atom stereocenters. The number of benzene rings is 5. The van der Waals surface area contributed by atoms with Crippen molar-refractivity contribution in [2.45, 2.75) is 0 Å². The van der Waals surface area contributed by atoms with Crippen LogP contribution in [0.2, 0.25) is 0 Å². The van der Waals surface area contributed by atoms with Crippen molar-refractivity contribution in [3.8, 4) is 33.9 Å². The van der Waals surface area contributed by atoms with Gasteiger partial charge in [0.25, 0.3) is 35.0 Å². The van der Waals surface area contributed by atoms with Crippen molar-refractivity contribution in [3.05, 3.63) is 164 Å². The molecule has 0 N–H and O–H groups in total. The molecule has 3 heterocycles. The van der Waals surface area contributed by atoms with Gasteiger partial charge in [-0.05, 0) is 54.6 Å². The van der Waals surface area contributed by atoms with Gasteiger partial charge in [0, 0.05) is 41.0 Å². The van der Waals surface area contributed by atoms with Crippen LogP contribution in [-0.2, 0) is 0 Å². The molecule has 8 rings (SSSR count). The number of anilines is 2. The molecule has 14 nitrogen and oxygen atoms in total. The number of rotatable bonds is 7. The molecule has 0 aliphatic carbocycles. The van der Waals surface area contributed by atoms with Gasteiger partial charge in [-0.3, -0.25) is 39.4 Å². The van der Waals surface area contributed by atoms with Crippen LogP contribution in [0.5, 0.6) is 0 Å². The summed E-state index contributed by atoms with van der Waals surface area (Å²) in [5, 5.41) is 22.5. The highest BCUT2D eigenvalue weighted by Crippen LogP contribution is 2.35. The van der Waals surface area contributed by atoms with Gasteiger partial charge in [-0.15, -0.1) is 0 Å². The minimum atomic E-state index is -0.674. The maximum atomic E-state index is 13.2. The van der Waals surface area contributed by atoms with Gasteiger partial charge >= 0.3 is 0 Å². The smallest absolute Gasteiger partial charge is 0.268 e. The molecule has 0 saturated carbocycles. The van der Waals surface area contributed by atoms with Gasteiger partial charge in [-0.1, -0.05) is 42.5 Å². The Morgan fingerprint density at radius 1 is 0.442 bits per heavy atom. The summed E-state index contributed by atoms with van der Waals surface area (Å²) in [7, 11) is 0. The quantitative estimate of drug-likeness (QED) is 0.0970. The molecule has 0 spiro atoms. The van der Waals surface area contributed by atoms with Crippen LogP contribution >= 0.6 is 0 Å². The predicted molar refractivity (Wildman–Crippen MR) is 187 cm³/mol. The summed E-state index contributed by atoms with van der Waals surface area (Å²) in [6.45, 7) is 0. The lowest BCUT2D eigenvalue weighted by Gasteiger charge is -2.15. The monoisotopic (exact) mass is 688 g/mol. The van der Waals surface area contributed by atoms with Crippen LogP contribution in [0, 0.1) is 20.2 Å². The zero-order valence-corrected chi connectivity index (χ0v) is 26.5. The van der Waals surface area contributed by atoms with E-state index in [0.717, 1.165) is 27.5 Å². The van der Waals surface area contributed by atoms with E-state index < -0.39 is 33.5 Å². The highest BCUT2D eigenvalue weighted by atomic mass is 16.6. The van der Waals surface area contributed by atoms with Crippen molar-refractivity contribution < 1.29 is 29.0 Å². The fraction of sp³-hybridized carbons (Fsp3) is 0. The van der Waals surface area contributed by atoms with Crippen molar-refractivity contribution in [1.29, 1.82) is 0 Å². The lowest BCUT2D eigenvalue weighted by Crippen LogP contribution is -2.29. The van der Waals surface area contributed by atoms with Crippen LogP contribution in [0.4, 0.5) is 22.7 Å². The van der Waals surface area contributed by atoms with E-state index in [2.05, 4.69) is 0 Å². The zero-order valence-electron chi connectivity index (χ0n) is 26.5. The number of carbonyl (C=O) groups excluding carboxylic acids is 4. The number of imide groups is 2. The molecule has 0 fully saturated rings. The number of aromatic nitrogens is 2. The number of hydrogen-bond donors (Lipinski definition) is 0. The second-order valence-corrected chi connectivity index (χ2v) is 11.8. The van der Waals surface area contributed by atoms with E-state index in [0.29, 0.717) is 28.3 Å². The summed E-state index contributed by atoms with van der Waals surface area (Å²) in [6.07, 6.45) is 0. The Morgan fingerprint density at radius 2 is 0.846 bits per heavy atom. The van der Waals surface area contributed by atoms with Crippen molar-refractivity contribution in [2.75, 3.05) is 9.80 Å². The Bertz CT molecular complexity index is 2400. The highest BCUT2D eigenvalue weighted by Gasteiger charge is 2.39. The van der Waals surface area contributed by atoms with E-state index in [1.54, 1.807) is 54.6 Å². The Labute approximate surface area is 292 Å². The van der Waals surface area contributed by atoms with Crippen molar-refractivity contribution >= 4 is 46.4 Å². The van der Waals surface area contributed by atoms with Crippen molar-refractivity contribution in [2.24, 2.45) is 0 Å². The summed E-state index contributed by atoms with van der Waals surface area (Å²) >= 11 is 0. The average molecular weight is 689 g/mol. The molecule has 14 heteroatoms. The molecular weight excluding hydrogens is 668 g/mol. The predicted octanol–water partition coefficient (Wildman–Crippen LogP) is 6.90. The third-order valence-electron chi connectivity index (χ3n) is 8.76. The number of carbonyl (C=O) groups is 4. The molecule has 0 saturated heterocycles. The zero-order chi connectivity index (χ0) is 36.3. The Balaban J connectivity index is 1.12. The fourth-order valence-corrected chi connectivity index (χ4v) is 6.18. The topological polar surface area (TPSA) is 187 Å². The molecule has 0 radical (unpaired) electrons. The number of amides is 4. The van der Waals surface area contributed by atoms with Crippen LogP contribution in [0.1, 0.15) is 41.4 Å². The molecule has 5 aromatic carbocycles. The molecule has 2 aliphatic rings. The second-order valence-electron chi connectivity index (χ2n) is 11.8. The first-order chi connectivity index (χ1) is 25.1. The number of fused-ring (bicyclic) bond motifs is 2. The number of nitrogens with zero attached hydrogens (tertiary/aromatic N) is 6. The van der Waals surface area contributed by atoms with Gasteiger partial charge in [-0.2, -0.15) is 0 Å². The van der Waals surface area contributed by atoms with Gasteiger partial charge in [0.05, 0.1) is 54.9 Å². The van der Waals surface area contributed by atoms with E-state index in [1.165, 1.54) is 24.3 Å². The molecule has 4 amide bonds. The normalized spacial score (nSPS) is 13.4. The number of nitro benzene ring substituents is 2. The first kappa shape index (κ1) is 31.5. The van der Waals surface area contributed by atoms with Gasteiger partial charge in [0.15, 0.2) is 5.82 Å². The Morgan fingerprint density at radius 3 is 1.29 bits per heavy atom. The minimum Gasteiger partial charge on any atom is -0.268 e. The van der Waals surface area contributed by atoms with Crippen LogP contribution in [-0.4, -0.2) is 43.4 Å². The number of hydrogen-bond acceptors (Lipinski definition) is 10. The number of non-ortho nitro benzene ring substituents is 2. The highest BCUT2D eigenvalue weighted by molar-refractivity contribution is 6.35. The molecule has 250 valence electrons. The maximum Gasteiger partial charge on any atom is 0.270 e. The second kappa shape index (κ2) is 12.0. The lowest BCUT2D eigenvalue weighted by atomic mass is 10.1. The molecule has 0 bridgehead atoms. The molecular formula is C38H20N6O8. The first-order valence-corrected chi connectivity index (χ1v) is 15.6. The lowest BCUT2D eigenvalue weighted by molar-refractivity contribution is -0.385. The van der Waals surface area contributed by atoms with Crippen LogP contribution in [0.25, 0.3) is 33.9 Å². The third-order valence-corrected chi connectivity index (χ3v) is 8.76. The molecule has 52 heavy (non-hydrogen) atoms. The first-order valence-electron chi connectivity index (χ1n) is 15.6. The van der Waals surface area contributed by atoms with Crippen LogP contribution in [0.3, 0.4) is 0 Å². The van der Waals surface area contributed by atoms with Crippen molar-refractivity contribution in [3.63, 3.8) is 0 Å². The van der Waals surface area contributed by atoms with E-state index in [9.17, 15) is 39.4 Å². The SMILES string of the molecule is O=C1c2ccc([N+](=O)[O-])cc2C(=O)N1c1ccc(-c2cc(-c3ccccc3)nc(-c3ccc(N4C(=O)c5ccc([N+](=O)[O-])cc5C4=O)cc3)n2)cc1. The van der Waals surface area contributed by atoms with Gasteiger partial charge in [-0.25, -0.2) is 19.8 Å². The summed E-state index contributed by atoms with van der Waals surface area (Å²) in [5.74, 6) is -2.21.